The first kappa shape index (κ1) is 21.5. The number of carbonyl (C=O) groups excluding carboxylic acids is 1. The summed E-state index contributed by atoms with van der Waals surface area (Å²) in [6.45, 7) is 4.68. The summed E-state index contributed by atoms with van der Waals surface area (Å²) >= 11 is 0. The van der Waals surface area contributed by atoms with Crippen LogP contribution in [0.5, 0.6) is 5.75 Å². The Kier molecular flexibility index (Phi) is 5.30. The molecule has 0 aliphatic carbocycles. The Morgan fingerprint density at radius 3 is 2.60 bits per heavy atom. The minimum absolute atomic E-state index is 0.0612. The first-order valence-electron chi connectivity index (χ1n) is 11.9. The van der Waals surface area contributed by atoms with Gasteiger partial charge in [0, 0.05) is 62.9 Å². The van der Waals surface area contributed by atoms with Gasteiger partial charge >= 0.3 is 0 Å². The molecule has 0 spiro atoms. The van der Waals surface area contributed by atoms with Crippen molar-refractivity contribution in [2.24, 2.45) is 0 Å². The van der Waals surface area contributed by atoms with Crippen molar-refractivity contribution in [3.05, 3.63) is 72.6 Å². The number of fused-ring (bicyclic) bond motifs is 2. The van der Waals surface area contributed by atoms with Gasteiger partial charge in [-0.05, 0) is 42.5 Å². The van der Waals surface area contributed by atoms with E-state index in [1.807, 2.05) is 36.5 Å². The number of nitrogens with two attached hydrogens (primary N) is 1. The Morgan fingerprint density at radius 1 is 1.00 bits per heavy atom. The van der Waals surface area contributed by atoms with E-state index in [9.17, 15) is 4.79 Å². The maximum absolute atomic E-state index is 12.2. The summed E-state index contributed by atoms with van der Waals surface area (Å²) in [5.41, 5.74) is 12.7. The monoisotopic (exact) mass is 468 g/mol. The van der Waals surface area contributed by atoms with Crippen LogP contribution in [0, 0.1) is 0 Å². The number of aromatic nitrogens is 2. The summed E-state index contributed by atoms with van der Waals surface area (Å²) in [7, 11) is 1.78. The molecule has 2 aliphatic heterocycles. The molecule has 8 nitrogen and oxygen atoms in total. The first-order chi connectivity index (χ1) is 17.1. The molecule has 2 aliphatic rings. The molecule has 0 bridgehead atoms. The molecule has 4 aromatic rings. The number of ether oxygens (including phenoxy) is 1. The van der Waals surface area contributed by atoms with Gasteiger partial charge in [0.2, 0.25) is 0 Å². The van der Waals surface area contributed by atoms with Gasteiger partial charge in [-0.25, -0.2) is 4.98 Å². The molecule has 0 unspecified atom stereocenters. The third kappa shape index (κ3) is 3.95. The summed E-state index contributed by atoms with van der Waals surface area (Å²) in [5.74, 6) is 0.649. The molecule has 1 fully saturated rings. The second-order valence-electron chi connectivity index (χ2n) is 9.12. The Balaban J connectivity index is 1.33. The second kappa shape index (κ2) is 8.63. The summed E-state index contributed by atoms with van der Waals surface area (Å²) in [6, 6.07) is 20.3. The number of amides is 1. The lowest BCUT2D eigenvalue weighted by Crippen LogP contribution is -2.46. The highest BCUT2D eigenvalue weighted by Crippen LogP contribution is 2.36. The molecule has 0 atom stereocenters. The molecule has 4 heterocycles. The third-order valence-electron chi connectivity index (χ3n) is 6.93. The van der Waals surface area contributed by atoms with Gasteiger partial charge in [-0.1, -0.05) is 18.2 Å². The highest BCUT2D eigenvalue weighted by atomic mass is 16.5. The van der Waals surface area contributed by atoms with Crippen molar-refractivity contribution < 1.29 is 9.53 Å². The lowest BCUT2D eigenvalue weighted by molar-refractivity contribution is -0.120. The Bertz CT molecular complexity index is 1390. The summed E-state index contributed by atoms with van der Waals surface area (Å²) in [4.78, 5) is 23.7. The van der Waals surface area contributed by atoms with Gasteiger partial charge < -0.3 is 24.7 Å². The van der Waals surface area contributed by atoms with Gasteiger partial charge in [0.05, 0.1) is 17.1 Å². The average molecular weight is 469 g/mol. The zero-order valence-electron chi connectivity index (χ0n) is 19.7. The third-order valence-corrected chi connectivity index (χ3v) is 6.93. The van der Waals surface area contributed by atoms with Crippen LogP contribution in [0.15, 0.2) is 66.9 Å². The predicted octanol–water partition coefficient (Wildman–Crippen LogP) is 3.26. The number of piperazine rings is 1. The zero-order chi connectivity index (χ0) is 23.9. The van der Waals surface area contributed by atoms with Crippen molar-refractivity contribution in [2.75, 3.05) is 55.4 Å². The van der Waals surface area contributed by atoms with Gasteiger partial charge in [0.25, 0.3) is 5.91 Å². The lowest BCUT2D eigenvalue weighted by atomic mass is 10.1. The number of imidazole rings is 1. The number of anilines is 3. The van der Waals surface area contributed by atoms with E-state index >= 15 is 0 Å². The minimum atomic E-state index is -0.0612. The standard InChI is InChI=1S/C27H28N6O2/c1-30-22-15-19(7-9-24(22)35-18-26(30)34)27-23(33-16-20(28)8-10-25(33)29-27)17-31-11-13-32(14-12-31)21-5-3-2-4-6-21/h2-10,15-16H,11-14,17-18,28H2,1H3. The Labute approximate surface area is 204 Å². The molecule has 2 aromatic carbocycles. The maximum atomic E-state index is 12.2. The van der Waals surface area contributed by atoms with Crippen LogP contribution in [0.3, 0.4) is 0 Å². The molecule has 2 aromatic heterocycles. The molecule has 6 rings (SSSR count). The van der Waals surface area contributed by atoms with Gasteiger partial charge in [0.15, 0.2) is 6.61 Å². The van der Waals surface area contributed by atoms with E-state index in [2.05, 4.69) is 44.5 Å². The number of carbonyl (C=O) groups is 1. The fourth-order valence-electron chi connectivity index (χ4n) is 4.93. The summed E-state index contributed by atoms with van der Waals surface area (Å²) < 4.78 is 7.72. The number of para-hydroxylation sites is 1. The summed E-state index contributed by atoms with van der Waals surface area (Å²) in [6.07, 6.45) is 1.94. The minimum Gasteiger partial charge on any atom is -0.482 e. The van der Waals surface area contributed by atoms with Gasteiger partial charge in [-0.2, -0.15) is 0 Å². The van der Waals surface area contributed by atoms with Gasteiger partial charge in [-0.3, -0.25) is 9.69 Å². The van der Waals surface area contributed by atoms with Crippen molar-refractivity contribution in [3.63, 3.8) is 0 Å². The van der Waals surface area contributed by atoms with Crippen molar-refractivity contribution in [2.45, 2.75) is 6.54 Å². The molecular weight excluding hydrogens is 440 g/mol. The average Bonchev–Trinajstić information content (AvgIpc) is 3.24. The van der Waals surface area contributed by atoms with E-state index in [1.165, 1.54) is 5.69 Å². The second-order valence-corrected chi connectivity index (χ2v) is 9.12. The molecule has 0 radical (unpaired) electrons. The van der Waals surface area contributed by atoms with E-state index in [0.717, 1.165) is 61.0 Å². The van der Waals surface area contributed by atoms with Gasteiger partial charge in [-0.15, -0.1) is 0 Å². The number of rotatable bonds is 4. The van der Waals surface area contributed by atoms with Crippen LogP contribution in [0.2, 0.25) is 0 Å². The number of hydrogen-bond acceptors (Lipinski definition) is 6. The molecular formula is C27H28N6O2. The zero-order valence-corrected chi connectivity index (χ0v) is 19.7. The highest BCUT2D eigenvalue weighted by molar-refractivity contribution is 5.98. The fourth-order valence-corrected chi connectivity index (χ4v) is 4.93. The molecule has 1 saturated heterocycles. The highest BCUT2D eigenvalue weighted by Gasteiger charge is 2.25. The van der Waals surface area contributed by atoms with Crippen LogP contribution in [-0.4, -0.2) is 60.0 Å². The number of pyridine rings is 1. The first-order valence-corrected chi connectivity index (χ1v) is 11.9. The molecule has 2 N–H and O–H groups in total. The normalized spacial score (nSPS) is 16.4. The maximum Gasteiger partial charge on any atom is 0.264 e. The van der Waals surface area contributed by atoms with Crippen LogP contribution in [-0.2, 0) is 11.3 Å². The van der Waals surface area contributed by atoms with Crippen LogP contribution < -0.4 is 20.3 Å². The van der Waals surface area contributed by atoms with E-state index in [1.54, 1.807) is 11.9 Å². The lowest BCUT2D eigenvalue weighted by Gasteiger charge is -2.36. The van der Waals surface area contributed by atoms with E-state index < -0.39 is 0 Å². The van der Waals surface area contributed by atoms with Crippen molar-refractivity contribution in [1.29, 1.82) is 0 Å². The number of likely N-dealkylation sites (N-methyl/N-ethyl adjacent to an activating group) is 1. The predicted molar refractivity (Wildman–Crippen MR) is 138 cm³/mol. The van der Waals surface area contributed by atoms with Crippen LogP contribution in [0.4, 0.5) is 17.1 Å². The quantitative estimate of drug-likeness (QED) is 0.495. The topological polar surface area (TPSA) is 79.3 Å². The number of nitrogens with zero attached hydrogens (tertiary/aromatic N) is 5. The van der Waals surface area contributed by atoms with Crippen LogP contribution in [0.1, 0.15) is 5.69 Å². The SMILES string of the molecule is CN1C(=O)COc2ccc(-c3nc4ccc(N)cn4c3CN3CCN(c4ccccc4)CC3)cc21. The fraction of sp³-hybridized carbons (Fsp3) is 0.259. The molecule has 35 heavy (non-hydrogen) atoms. The smallest absolute Gasteiger partial charge is 0.264 e. The molecule has 178 valence electrons. The van der Waals surface area contributed by atoms with Crippen LogP contribution >= 0.6 is 0 Å². The number of nitrogen functional groups attached to an aromatic ring is 1. The summed E-state index contributed by atoms with van der Waals surface area (Å²) in [5, 5.41) is 0. The van der Waals surface area contributed by atoms with Crippen molar-refractivity contribution in [1.82, 2.24) is 14.3 Å². The number of hydrogen-bond donors (Lipinski definition) is 1. The Hall–Kier alpha value is -4.04. The molecule has 1 amide bonds. The van der Waals surface area contributed by atoms with Crippen molar-refractivity contribution in [3.8, 4) is 17.0 Å². The molecule has 0 saturated carbocycles. The largest absolute Gasteiger partial charge is 0.482 e. The van der Waals surface area contributed by atoms with E-state index in [4.69, 9.17) is 15.5 Å². The molecule has 8 heteroatoms. The Morgan fingerprint density at radius 2 is 1.80 bits per heavy atom. The number of benzene rings is 2. The van der Waals surface area contributed by atoms with Gasteiger partial charge in [0.1, 0.15) is 11.4 Å². The van der Waals surface area contributed by atoms with Crippen LogP contribution in [0.25, 0.3) is 16.9 Å². The van der Waals surface area contributed by atoms with E-state index in [0.29, 0.717) is 11.4 Å². The van der Waals surface area contributed by atoms with E-state index in [-0.39, 0.29) is 12.5 Å². The van der Waals surface area contributed by atoms with Crippen molar-refractivity contribution >= 4 is 28.6 Å².